The Balaban J connectivity index is 1.15. The molecule has 1 fully saturated rings. The Morgan fingerprint density at radius 1 is 1.05 bits per heavy atom. The normalized spacial score (nSPS) is 19.9. The first-order valence-electron chi connectivity index (χ1n) is 13.2. The van der Waals surface area contributed by atoms with E-state index >= 15 is 0 Å². The van der Waals surface area contributed by atoms with E-state index < -0.39 is 53.0 Å². The number of benzene rings is 1. The number of thioether (sulfide) groups is 3. The molecule has 18 heteroatoms. The van der Waals surface area contributed by atoms with E-state index in [0.717, 1.165) is 0 Å². The van der Waals surface area contributed by atoms with Crippen LogP contribution in [0.1, 0.15) is 40.0 Å². The van der Waals surface area contributed by atoms with Crippen LogP contribution in [0.4, 0.5) is 0 Å². The number of β-lactam (4-membered cyclic amide) rings is 1. The van der Waals surface area contributed by atoms with Gasteiger partial charge in [0, 0.05) is 23.7 Å². The lowest BCUT2D eigenvalue weighted by atomic mass is 10.0. The van der Waals surface area contributed by atoms with Gasteiger partial charge in [0.25, 0.3) is 17.7 Å². The molecule has 4 heterocycles. The molecule has 1 aromatic heterocycles. The molecule has 2 aromatic rings. The summed E-state index contributed by atoms with van der Waals surface area (Å²) in [7, 11) is 0. The molecule has 4 amide bonds. The third-order valence-electron chi connectivity index (χ3n) is 6.94. The zero-order valence-corrected chi connectivity index (χ0v) is 26.0. The fourth-order valence-electron chi connectivity index (χ4n) is 4.95. The van der Waals surface area contributed by atoms with Gasteiger partial charge in [0.1, 0.15) is 23.2 Å². The van der Waals surface area contributed by atoms with Crippen LogP contribution < -0.4 is 5.32 Å². The number of fused-ring (bicyclic) bond motifs is 2. The quantitative estimate of drug-likeness (QED) is 0.126. The first-order chi connectivity index (χ1) is 21.1. The summed E-state index contributed by atoms with van der Waals surface area (Å²) >= 11 is 5.31. The van der Waals surface area contributed by atoms with E-state index in [0.29, 0.717) is 30.7 Å². The van der Waals surface area contributed by atoms with E-state index in [4.69, 9.17) is 5.11 Å². The van der Waals surface area contributed by atoms with E-state index in [9.17, 15) is 39.0 Å². The second kappa shape index (κ2) is 13.7. The van der Waals surface area contributed by atoms with Crippen LogP contribution in [0, 0.1) is 0 Å². The second-order valence-electron chi connectivity index (χ2n) is 9.68. The standard InChI is InChI=1S/C26H25N5O9S4/c32-8-9-41-25-28-29-26(44-25)43-11-12-10-42-22-17(21(36)31(22)18(12)24(39)40)27-16(33)7-3-6-15(23(37)38)30-19(34)13-4-1-2-5-14(13)20(30)35/h1-2,4-5,15,17,22,32H,3,6-11H2,(H,27,33)(H,37,38)(H,39,40)/t15?,17-,22+/m1/s1. The highest BCUT2D eigenvalue weighted by Crippen LogP contribution is 2.42. The summed E-state index contributed by atoms with van der Waals surface area (Å²) in [6.45, 7) is 0.00912. The van der Waals surface area contributed by atoms with Crippen molar-refractivity contribution in [1.29, 1.82) is 0 Å². The van der Waals surface area contributed by atoms with Crippen LogP contribution in [0.3, 0.4) is 0 Å². The summed E-state index contributed by atoms with van der Waals surface area (Å²) in [5.74, 6) is -4.07. The Labute approximate surface area is 266 Å². The summed E-state index contributed by atoms with van der Waals surface area (Å²) < 4.78 is 1.31. The summed E-state index contributed by atoms with van der Waals surface area (Å²) in [5, 5.41) is 38.7. The van der Waals surface area contributed by atoms with Gasteiger partial charge >= 0.3 is 11.9 Å². The molecule has 0 radical (unpaired) electrons. The second-order valence-corrected chi connectivity index (χ2v) is 14.3. The van der Waals surface area contributed by atoms with Crippen LogP contribution in [0.25, 0.3) is 0 Å². The first kappa shape index (κ1) is 32.0. The molecule has 5 rings (SSSR count). The van der Waals surface area contributed by atoms with E-state index in [2.05, 4.69) is 15.5 Å². The van der Waals surface area contributed by atoms with Crippen molar-refractivity contribution in [3.8, 4) is 0 Å². The lowest BCUT2D eigenvalue weighted by Gasteiger charge is -2.49. The zero-order chi connectivity index (χ0) is 31.5. The number of aliphatic carboxylic acids is 2. The lowest BCUT2D eigenvalue weighted by molar-refractivity contribution is -0.150. The predicted octanol–water partition coefficient (Wildman–Crippen LogP) is 1.37. The number of aliphatic hydroxyl groups is 1. The average molecular weight is 680 g/mol. The number of nitrogens with zero attached hydrogens (tertiary/aromatic N) is 4. The fraction of sp³-hybridized carbons (Fsp3) is 0.385. The summed E-state index contributed by atoms with van der Waals surface area (Å²) in [5.41, 5.74) is 0.661. The molecule has 232 valence electrons. The van der Waals surface area contributed by atoms with Gasteiger partial charge < -0.3 is 20.6 Å². The van der Waals surface area contributed by atoms with Crippen molar-refractivity contribution in [1.82, 2.24) is 25.3 Å². The largest absolute Gasteiger partial charge is 0.480 e. The Bertz CT molecular complexity index is 1530. The number of amides is 4. The third-order valence-corrected chi connectivity index (χ3v) is 11.5. The maximum atomic E-state index is 13.0. The summed E-state index contributed by atoms with van der Waals surface area (Å²) in [6, 6.07) is 3.64. The van der Waals surface area contributed by atoms with Crippen LogP contribution in [-0.4, -0.2) is 112 Å². The molecule has 4 N–H and O–H groups in total. The number of hydrogen-bond acceptors (Lipinski definition) is 13. The van der Waals surface area contributed by atoms with Gasteiger partial charge in [-0.2, -0.15) is 0 Å². The van der Waals surface area contributed by atoms with Gasteiger partial charge in [-0.05, 0) is 30.5 Å². The van der Waals surface area contributed by atoms with Crippen LogP contribution in [0.15, 0.2) is 44.2 Å². The van der Waals surface area contributed by atoms with Crippen molar-refractivity contribution in [3.05, 3.63) is 46.7 Å². The highest BCUT2D eigenvalue weighted by molar-refractivity contribution is 8.03. The lowest BCUT2D eigenvalue weighted by Crippen LogP contribution is -2.70. The molecule has 3 atom stereocenters. The summed E-state index contributed by atoms with van der Waals surface area (Å²) in [4.78, 5) is 77.1. The molecule has 3 aliphatic rings. The number of nitrogens with one attached hydrogen (secondary N) is 1. The minimum Gasteiger partial charge on any atom is -0.480 e. The van der Waals surface area contributed by atoms with Crippen molar-refractivity contribution >= 4 is 82.2 Å². The number of aliphatic hydroxyl groups excluding tert-OH is 1. The molecule has 3 aliphatic heterocycles. The van der Waals surface area contributed by atoms with Crippen molar-refractivity contribution in [3.63, 3.8) is 0 Å². The molecular weight excluding hydrogens is 655 g/mol. The van der Waals surface area contributed by atoms with Gasteiger partial charge in [0.05, 0.1) is 17.7 Å². The van der Waals surface area contributed by atoms with Crippen LogP contribution >= 0.6 is 46.6 Å². The average Bonchev–Trinajstić information content (AvgIpc) is 3.56. The molecule has 14 nitrogen and oxygen atoms in total. The minimum atomic E-state index is -1.46. The Morgan fingerprint density at radius 2 is 1.70 bits per heavy atom. The maximum Gasteiger partial charge on any atom is 0.352 e. The smallest absolute Gasteiger partial charge is 0.352 e. The van der Waals surface area contributed by atoms with Crippen molar-refractivity contribution in [2.24, 2.45) is 0 Å². The number of carboxylic acids is 2. The van der Waals surface area contributed by atoms with E-state index in [1.807, 2.05) is 0 Å². The van der Waals surface area contributed by atoms with Crippen molar-refractivity contribution < 1.29 is 44.1 Å². The molecule has 1 unspecified atom stereocenters. The number of aromatic nitrogens is 2. The van der Waals surface area contributed by atoms with Gasteiger partial charge in [0.2, 0.25) is 5.91 Å². The predicted molar refractivity (Wildman–Crippen MR) is 160 cm³/mol. The van der Waals surface area contributed by atoms with Crippen LogP contribution in [-0.2, 0) is 19.2 Å². The topological polar surface area (TPSA) is 207 Å². The Morgan fingerprint density at radius 3 is 2.32 bits per heavy atom. The van der Waals surface area contributed by atoms with Gasteiger partial charge in [-0.25, -0.2) is 9.59 Å². The molecule has 0 spiro atoms. The molecule has 0 aliphatic carbocycles. The number of carbonyl (C=O) groups is 6. The maximum absolute atomic E-state index is 13.0. The van der Waals surface area contributed by atoms with Crippen LogP contribution in [0.5, 0.6) is 0 Å². The van der Waals surface area contributed by atoms with Gasteiger partial charge in [-0.3, -0.25) is 29.0 Å². The van der Waals surface area contributed by atoms with Crippen molar-refractivity contribution in [2.45, 2.75) is 45.4 Å². The van der Waals surface area contributed by atoms with E-state index in [1.165, 1.54) is 63.7 Å². The minimum absolute atomic E-state index is 0.00912. The third kappa shape index (κ3) is 6.35. The van der Waals surface area contributed by atoms with Gasteiger partial charge in [0.15, 0.2) is 8.68 Å². The molecular formula is C26H25N5O9S4. The molecule has 0 saturated carbocycles. The Hall–Kier alpha value is -3.45. The molecule has 1 aromatic carbocycles. The summed E-state index contributed by atoms with van der Waals surface area (Å²) in [6.07, 6.45) is -0.315. The van der Waals surface area contributed by atoms with Crippen molar-refractivity contribution in [2.75, 3.05) is 23.9 Å². The van der Waals surface area contributed by atoms with E-state index in [1.54, 1.807) is 12.1 Å². The number of carboxylic acid groups (broad SMARTS) is 2. The van der Waals surface area contributed by atoms with Gasteiger partial charge in [-0.15, -0.1) is 22.0 Å². The highest BCUT2D eigenvalue weighted by Gasteiger charge is 2.54. The van der Waals surface area contributed by atoms with Crippen LogP contribution in [0.2, 0.25) is 0 Å². The molecule has 0 bridgehead atoms. The number of hydrogen-bond donors (Lipinski definition) is 4. The first-order valence-corrected chi connectivity index (χ1v) is 17.0. The Kier molecular flexibility index (Phi) is 9.94. The van der Waals surface area contributed by atoms with Gasteiger partial charge in [-0.1, -0.05) is 47.0 Å². The molecule has 1 saturated heterocycles. The highest BCUT2D eigenvalue weighted by atomic mass is 32.2. The number of carbonyl (C=O) groups excluding carboxylic acids is 4. The van der Waals surface area contributed by atoms with E-state index in [-0.39, 0.29) is 48.4 Å². The zero-order valence-electron chi connectivity index (χ0n) is 22.7. The monoisotopic (exact) mass is 679 g/mol. The molecule has 44 heavy (non-hydrogen) atoms. The SMILES string of the molecule is O=C(CCCC(C(=O)O)N1C(=O)c2ccccc2C1=O)N[C@@H]1C(=O)N2C(C(=O)O)=C(CSc3nnc(SCCO)s3)CS[C@@H]12. The number of imide groups is 1. The fourth-order valence-corrected chi connectivity index (χ4v) is 9.26. The number of rotatable bonds is 14.